The molecule has 0 aliphatic carbocycles. The van der Waals surface area contributed by atoms with E-state index in [-0.39, 0.29) is 43.5 Å². The third-order valence-electron chi connectivity index (χ3n) is 7.08. The lowest BCUT2D eigenvalue weighted by Crippen LogP contribution is -2.42. The zero-order valence-corrected chi connectivity index (χ0v) is 24.1. The van der Waals surface area contributed by atoms with Crippen molar-refractivity contribution in [2.75, 3.05) is 13.2 Å². The number of azide groups is 1. The van der Waals surface area contributed by atoms with E-state index in [2.05, 4.69) is 25.3 Å². The van der Waals surface area contributed by atoms with Crippen molar-refractivity contribution < 1.29 is 28.9 Å². The molecule has 0 spiro atoms. The molecule has 0 bridgehead atoms. The number of aliphatic hydroxyl groups is 1. The third kappa shape index (κ3) is 6.86. The fraction of sp³-hybridized carbons (Fsp3) is 0.444. The first-order valence-corrected chi connectivity index (χ1v) is 13.5. The van der Waals surface area contributed by atoms with Gasteiger partial charge in [0.2, 0.25) is 5.75 Å². The monoisotopic (exact) mass is 614 g/mol. The topological polar surface area (TPSA) is 227 Å². The van der Waals surface area contributed by atoms with E-state index in [1.165, 1.54) is 39.6 Å². The smallest absolute Gasteiger partial charge is 0.330 e. The van der Waals surface area contributed by atoms with Gasteiger partial charge in [0.25, 0.3) is 17.0 Å². The Morgan fingerprint density at radius 3 is 2.66 bits per heavy atom. The number of nitrogens with zero attached hydrogens (tertiary/aromatic N) is 6. The molecule has 234 valence electrons. The predicted molar refractivity (Wildman–Crippen MR) is 151 cm³/mol. The summed E-state index contributed by atoms with van der Waals surface area (Å²) in [5.74, 6) is -1.48. The summed E-state index contributed by atoms with van der Waals surface area (Å²) in [6.45, 7) is 5.42. The number of benzene rings is 1. The van der Waals surface area contributed by atoms with E-state index in [9.17, 15) is 28.7 Å². The summed E-state index contributed by atoms with van der Waals surface area (Å²) in [5, 5.41) is 25.3. The molecule has 1 amide bonds. The van der Waals surface area contributed by atoms with Crippen LogP contribution >= 0.6 is 0 Å². The Morgan fingerprint density at radius 1 is 1.30 bits per heavy atom. The molecule has 2 aromatic heterocycles. The maximum absolute atomic E-state index is 12.9. The highest BCUT2D eigenvalue weighted by Gasteiger charge is 2.36. The van der Waals surface area contributed by atoms with Gasteiger partial charge < -0.3 is 25.0 Å². The van der Waals surface area contributed by atoms with Gasteiger partial charge in [0.1, 0.15) is 23.5 Å². The number of H-pyrrole nitrogens is 1. The van der Waals surface area contributed by atoms with Gasteiger partial charge in [0, 0.05) is 29.6 Å². The molecular formula is C27H31FN8O8. The maximum atomic E-state index is 12.9. The number of ether oxygens (including phenoxy) is 2. The summed E-state index contributed by atoms with van der Waals surface area (Å²) in [4.78, 5) is 56.7. The number of amides is 1. The highest BCUT2D eigenvalue weighted by atomic mass is 19.1. The van der Waals surface area contributed by atoms with Crippen molar-refractivity contribution in [3.63, 3.8) is 0 Å². The van der Waals surface area contributed by atoms with Crippen molar-refractivity contribution in [2.45, 2.75) is 64.3 Å². The van der Waals surface area contributed by atoms with Crippen LogP contribution in [0.1, 0.15) is 53.9 Å². The van der Waals surface area contributed by atoms with Crippen LogP contribution in [0.2, 0.25) is 0 Å². The second-order valence-electron chi connectivity index (χ2n) is 10.6. The number of aromatic nitrogens is 4. The van der Waals surface area contributed by atoms with Crippen molar-refractivity contribution >= 4 is 5.91 Å². The number of fused-ring (bicyclic) bond motifs is 1. The SMILES string of the molecule is CC1(C)OCCn2c1nc(C(=O)NCc1ccc(F)cc1)c(O)c2=O.Cc1cn([C@H]2C[C@H](N=[N+]=[N-])[C@@H](CO)O2)c(=O)[nH]c1=O. The number of aryl methyl sites for hydroxylation is 1. The maximum Gasteiger partial charge on any atom is 0.330 e. The molecule has 1 aromatic carbocycles. The minimum Gasteiger partial charge on any atom is -0.501 e. The standard InChI is InChI=1S/C17H18FN3O4.C10H13N5O4/c1-17(2)16-20-12(13(22)15(24)21(16)7-8-25-17)14(23)19-9-10-3-5-11(18)6-4-10;1-5-3-15(10(18)12-9(5)17)8-2-6(13-14-11)7(4-16)19-8/h3-6,22H,7-9H2,1-2H3,(H,19,23);3,6-8,16H,2,4H2,1H3,(H,12,17,18)/t;6-,7+,8+/m.0/s1. The normalized spacial score (nSPS) is 20.1. The average Bonchev–Trinajstić information content (AvgIpc) is 3.39. The summed E-state index contributed by atoms with van der Waals surface area (Å²) < 4.78 is 26.5. The van der Waals surface area contributed by atoms with Crippen LogP contribution in [-0.4, -0.2) is 60.6 Å². The molecule has 0 unspecified atom stereocenters. The van der Waals surface area contributed by atoms with E-state index in [0.717, 1.165) is 0 Å². The molecular weight excluding hydrogens is 583 g/mol. The number of carbonyl (C=O) groups is 1. The van der Waals surface area contributed by atoms with Crippen LogP contribution in [0.3, 0.4) is 0 Å². The second-order valence-corrected chi connectivity index (χ2v) is 10.6. The number of aromatic amines is 1. The first-order chi connectivity index (χ1) is 20.9. The summed E-state index contributed by atoms with van der Waals surface area (Å²) >= 11 is 0. The number of aromatic hydroxyl groups is 1. The van der Waals surface area contributed by atoms with E-state index >= 15 is 0 Å². The Bertz CT molecular complexity index is 1760. The van der Waals surface area contributed by atoms with E-state index in [0.29, 0.717) is 17.7 Å². The molecule has 4 heterocycles. The molecule has 3 aromatic rings. The molecule has 44 heavy (non-hydrogen) atoms. The minimum absolute atomic E-state index is 0.110. The first kappa shape index (κ1) is 32.1. The van der Waals surface area contributed by atoms with Crippen LogP contribution in [0, 0.1) is 12.7 Å². The summed E-state index contributed by atoms with van der Waals surface area (Å²) in [7, 11) is 0. The lowest BCUT2D eigenvalue weighted by molar-refractivity contribution is -0.0566. The number of hydrogen-bond donors (Lipinski definition) is 4. The van der Waals surface area contributed by atoms with Gasteiger partial charge in [0.15, 0.2) is 5.69 Å². The molecule has 17 heteroatoms. The molecule has 1 saturated heterocycles. The van der Waals surface area contributed by atoms with Gasteiger partial charge in [-0.25, -0.2) is 14.2 Å². The lowest BCUT2D eigenvalue weighted by atomic mass is 10.1. The number of hydrogen-bond acceptors (Lipinski definition) is 10. The highest BCUT2D eigenvalue weighted by molar-refractivity contribution is 5.94. The van der Waals surface area contributed by atoms with Crippen LogP contribution in [0.15, 0.2) is 50.0 Å². The van der Waals surface area contributed by atoms with Gasteiger partial charge in [-0.2, -0.15) is 0 Å². The summed E-state index contributed by atoms with van der Waals surface area (Å²) in [6, 6.07) is 5.08. The largest absolute Gasteiger partial charge is 0.501 e. The molecule has 2 aliphatic heterocycles. The summed E-state index contributed by atoms with van der Waals surface area (Å²) in [5.41, 5.74) is 6.56. The van der Waals surface area contributed by atoms with E-state index < -0.39 is 52.4 Å². The number of halogens is 1. The van der Waals surface area contributed by atoms with Gasteiger partial charge in [-0.3, -0.25) is 28.5 Å². The summed E-state index contributed by atoms with van der Waals surface area (Å²) in [6.07, 6.45) is 0.329. The fourth-order valence-electron chi connectivity index (χ4n) is 4.73. The van der Waals surface area contributed by atoms with Crippen molar-refractivity contribution in [3.05, 3.63) is 101 Å². The molecule has 3 atom stereocenters. The Hall–Kier alpha value is -4.83. The van der Waals surface area contributed by atoms with E-state index in [4.69, 9.17) is 20.1 Å². The fourth-order valence-corrected chi connectivity index (χ4v) is 4.73. The van der Waals surface area contributed by atoms with E-state index in [1.807, 2.05) is 0 Å². The van der Waals surface area contributed by atoms with E-state index in [1.54, 1.807) is 20.8 Å². The number of rotatable bonds is 6. The molecule has 4 N–H and O–H groups in total. The van der Waals surface area contributed by atoms with Crippen LogP contribution in [-0.2, 0) is 28.2 Å². The van der Waals surface area contributed by atoms with Gasteiger partial charge in [-0.15, -0.1) is 0 Å². The highest BCUT2D eigenvalue weighted by Crippen LogP contribution is 2.30. The van der Waals surface area contributed by atoms with Gasteiger partial charge in [0.05, 0.1) is 31.9 Å². The van der Waals surface area contributed by atoms with Crippen molar-refractivity contribution in [2.24, 2.45) is 5.11 Å². The average molecular weight is 615 g/mol. The van der Waals surface area contributed by atoms with Crippen LogP contribution in [0.5, 0.6) is 5.75 Å². The van der Waals surface area contributed by atoms with Crippen LogP contribution in [0.25, 0.3) is 10.4 Å². The Labute approximate surface area is 248 Å². The van der Waals surface area contributed by atoms with Gasteiger partial charge >= 0.3 is 5.69 Å². The zero-order valence-electron chi connectivity index (χ0n) is 24.1. The molecule has 5 rings (SSSR count). The Morgan fingerprint density at radius 2 is 2.00 bits per heavy atom. The first-order valence-electron chi connectivity index (χ1n) is 13.5. The molecule has 1 fully saturated rings. The Kier molecular flexibility index (Phi) is 9.64. The number of nitrogens with one attached hydrogen (secondary N) is 2. The second kappa shape index (κ2) is 13.2. The van der Waals surface area contributed by atoms with Crippen LogP contribution < -0.4 is 22.1 Å². The third-order valence-corrected chi connectivity index (χ3v) is 7.08. The number of carbonyl (C=O) groups excluding carboxylic acids is 1. The molecule has 2 aliphatic rings. The van der Waals surface area contributed by atoms with Crippen LogP contribution in [0.4, 0.5) is 4.39 Å². The lowest BCUT2D eigenvalue weighted by Gasteiger charge is -2.32. The predicted octanol–water partition coefficient (Wildman–Crippen LogP) is 1.09. The van der Waals surface area contributed by atoms with Crippen molar-refractivity contribution in [3.8, 4) is 5.75 Å². The van der Waals surface area contributed by atoms with Gasteiger partial charge in [-0.05, 0) is 44.0 Å². The molecule has 16 nitrogen and oxygen atoms in total. The molecule has 0 radical (unpaired) electrons. The quantitative estimate of drug-likeness (QED) is 0.177. The van der Waals surface area contributed by atoms with Crippen molar-refractivity contribution in [1.82, 2.24) is 24.4 Å². The molecule has 0 saturated carbocycles. The van der Waals surface area contributed by atoms with Gasteiger partial charge in [-0.1, -0.05) is 17.2 Å². The van der Waals surface area contributed by atoms with Crippen molar-refractivity contribution in [1.29, 1.82) is 0 Å². The Balaban J connectivity index is 0.000000209. The number of aliphatic hydroxyl groups excluding tert-OH is 1. The zero-order chi connectivity index (χ0) is 32.2. The minimum atomic E-state index is -0.850.